The lowest BCUT2D eigenvalue weighted by atomic mass is 9.65. The Morgan fingerprint density at radius 2 is 1.91 bits per heavy atom. The fourth-order valence-electron chi connectivity index (χ4n) is 4.19. The summed E-state index contributed by atoms with van der Waals surface area (Å²) < 4.78 is 0. The van der Waals surface area contributed by atoms with Crippen molar-refractivity contribution in [3.05, 3.63) is 35.9 Å². The van der Waals surface area contributed by atoms with Gasteiger partial charge in [-0.3, -0.25) is 4.79 Å². The van der Waals surface area contributed by atoms with Gasteiger partial charge in [-0.2, -0.15) is 0 Å². The molecular weight excluding hydrogens is 308 g/mol. The molecule has 3 rings (SSSR count). The Morgan fingerprint density at radius 1 is 1.17 bits per heavy atom. The Morgan fingerprint density at radius 3 is 2.52 bits per heavy atom. The van der Waals surface area contributed by atoms with Crippen molar-refractivity contribution >= 4 is 18.3 Å². The van der Waals surface area contributed by atoms with Crippen LogP contribution >= 0.6 is 12.4 Å². The fraction of sp³-hybridized carbons (Fsp3) is 0.632. The molecule has 2 aliphatic carbocycles. The van der Waals surface area contributed by atoms with E-state index in [0.717, 1.165) is 32.2 Å². The summed E-state index contributed by atoms with van der Waals surface area (Å²) in [5.74, 6) is 0.789. The highest BCUT2D eigenvalue weighted by Crippen LogP contribution is 2.43. The molecule has 0 unspecified atom stereocenters. The summed E-state index contributed by atoms with van der Waals surface area (Å²) in [6.45, 7) is 1.47. The minimum absolute atomic E-state index is 0. The van der Waals surface area contributed by atoms with Gasteiger partial charge < -0.3 is 11.1 Å². The van der Waals surface area contributed by atoms with E-state index in [2.05, 4.69) is 35.6 Å². The number of nitrogens with one attached hydrogen (secondary N) is 1. The normalized spacial score (nSPS) is 25.3. The first-order valence-electron chi connectivity index (χ1n) is 8.74. The van der Waals surface area contributed by atoms with Crippen molar-refractivity contribution < 1.29 is 4.79 Å². The molecule has 1 aromatic rings. The van der Waals surface area contributed by atoms with Gasteiger partial charge in [-0.15, -0.1) is 12.4 Å². The van der Waals surface area contributed by atoms with Crippen LogP contribution < -0.4 is 11.1 Å². The maximum Gasteiger partial charge on any atom is 0.223 e. The highest BCUT2D eigenvalue weighted by atomic mass is 35.5. The lowest BCUT2D eigenvalue weighted by Crippen LogP contribution is -2.46. The predicted molar refractivity (Wildman–Crippen MR) is 96.6 cm³/mol. The van der Waals surface area contributed by atoms with Crippen molar-refractivity contribution in [3.8, 4) is 0 Å². The fourth-order valence-corrected chi connectivity index (χ4v) is 4.19. The van der Waals surface area contributed by atoms with E-state index in [1.54, 1.807) is 0 Å². The van der Waals surface area contributed by atoms with E-state index in [4.69, 9.17) is 5.73 Å². The topological polar surface area (TPSA) is 55.1 Å². The number of hydrogen-bond acceptors (Lipinski definition) is 2. The van der Waals surface area contributed by atoms with Crippen LogP contribution in [0.1, 0.15) is 44.1 Å². The maximum atomic E-state index is 12.5. The third-order valence-electron chi connectivity index (χ3n) is 5.77. The molecule has 0 bridgehead atoms. The van der Waals surface area contributed by atoms with Crippen LogP contribution in [0.5, 0.6) is 0 Å². The second-order valence-corrected chi connectivity index (χ2v) is 7.27. The molecule has 2 saturated carbocycles. The molecule has 0 saturated heterocycles. The van der Waals surface area contributed by atoms with Gasteiger partial charge in [0.25, 0.3) is 0 Å². The van der Waals surface area contributed by atoms with Crippen LogP contribution in [0.25, 0.3) is 0 Å². The summed E-state index contributed by atoms with van der Waals surface area (Å²) in [6.07, 6.45) is 8.11. The van der Waals surface area contributed by atoms with Crippen LogP contribution in [0.2, 0.25) is 0 Å². The second-order valence-electron chi connectivity index (χ2n) is 7.27. The van der Waals surface area contributed by atoms with Crippen LogP contribution in [0.3, 0.4) is 0 Å². The van der Waals surface area contributed by atoms with Crippen molar-refractivity contribution in [3.63, 3.8) is 0 Å². The van der Waals surface area contributed by atoms with Gasteiger partial charge in [-0.1, -0.05) is 43.2 Å². The maximum absolute atomic E-state index is 12.5. The molecule has 0 aromatic heterocycles. The zero-order chi connectivity index (χ0) is 15.4. The average Bonchev–Trinajstić information content (AvgIpc) is 2.99. The summed E-state index contributed by atoms with van der Waals surface area (Å²) in [4.78, 5) is 12.5. The van der Waals surface area contributed by atoms with Gasteiger partial charge in [-0.25, -0.2) is 0 Å². The summed E-state index contributed by atoms with van der Waals surface area (Å²) in [7, 11) is 0. The Bertz CT molecular complexity index is 501. The number of nitrogens with two attached hydrogens (primary N) is 1. The SMILES string of the molecule is Cl.NC[C@H]1CCC[C@H]1C(=O)NCC1(Cc2ccccc2)CCC1. The van der Waals surface area contributed by atoms with Gasteiger partial charge in [0.2, 0.25) is 5.91 Å². The molecule has 1 aromatic carbocycles. The monoisotopic (exact) mass is 336 g/mol. The van der Waals surface area contributed by atoms with E-state index in [9.17, 15) is 4.79 Å². The summed E-state index contributed by atoms with van der Waals surface area (Å²) in [5, 5.41) is 3.26. The minimum Gasteiger partial charge on any atom is -0.355 e. The van der Waals surface area contributed by atoms with Gasteiger partial charge in [0.15, 0.2) is 0 Å². The number of rotatable bonds is 6. The number of amides is 1. The Hall–Kier alpha value is -1.06. The van der Waals surface area contributed by atoms with E-state index in [0.29, 0.717) is 12.5 Å². The minimum atomic E-state index is 0. The largest absolute Gasteiger partial charge is 0.355 e. The van der Waals surface area contributed by atoms with Crippen LogP contribution in [0, 0.1) is 17.3 Å². The van der Waals surface area contributed by atoms with E-state index < -0.39 is 0 Å². The molecule has 0 radical (unpaired) electrons. The zero-order valence-corrected chi connectivity index (χ0v) is 14.6. The molecule has 3 N–H and O–H groups in total. The summed E-state index contributed by atoms with van der Waals surface area (Å²) in [5.41, 5.74) is 7.48. The highest BCUT2D eigenvalue weighted by Gasteiger charge is 2.38. The second kappa shape index (κ2) is 8.16. The Kier molecular flexibility index (Phi) is 6.49. The molecule has 2 fully saturated rings. The molecule has 0 spiro atoms. The van der Waals surface area contributed by atoms with E-state index >= 15 is 0 Å². The van der Waals surface area contributed by atoms with Crippen LogP contribution in [-0.2, 0) is 11.2 Å². The summed E-state index contributed by atoms with van der Waals surface area (Å²) >= 11 is 0. The molecule has 4 heteroatoms. The van der Waals surface area contributed by atoms with Crippen LogP contribution in [-0.4, -0.2) is 19.0 Å². The zero-order valence-electron chi connectivity index (χ0n) is 13.8. The van der Waals surface area contributed by atoms with E-state index in [1.165, 1.54) is 24.8 Å². The molecule has 0 aliphatic heterocycles. The first-order chi connectivity index (χ1) is 10.7. The van der Waals surface area contributed by atoms with Gasteiger partial charge in [-0.05, 0) is 55.5 Å². The number of carbonyl (C=O) groups is 1. The number of benzene rings is 1. The Balaban J connectivity index is 0.00000192. The quantitative estimate of drug-likeness (QED) is 0.837. The summed E-state index contributed by atoms with van der Waals surface area (Å²) in [6, 6.07) is 10.7. The smallest absolute Gasteiger partial charge is 0.223 e. The van der Waals surface area contributed by atoms with E-state index in [-0.39, 0.29) is 29.6 Å². The molecule has 3 nitrogen and oxygen atoms in total. The molecule has 1 amide bonds. The van der Waals surface area contributed by atoms with Gasteiger partial charge in [0.1, 0.15) is 0 Å². The molecule has 128 valence electrons. The lowest BCUT2D eigenvalue weighted by Gasteiger charge is -2.42. The van der Waals surface area contributed by atoms with Crippen molar-refractivity contribution in [1.82, 2.24) is 5.32 Å². The average molecular weight is 337 g/mol. The highest BCUT2D eigenvalue weighted by molar-refractivity contribution is 5.85. The van der Waals surface area contributed by atoms with Crippen molar-refractivity contribution in [2.75, 3.05) is 13.1 Å². The van der Waals surface area contributed by atoms with Crippen molar-refractivity contribution in [1.29, 1.82) is 0 Å². The number of carbonyl (C=O) groups excluding carboxylic acids is 1. The van der Waals surface area contributed by atoms with Crippen LogP contribution in [0.15, 0.2) is 30.3 Å². The van der Waals surface area contributed by atoms with Gasteiger partial charge in [0.05, 0.1) is 0 Å². The molecular formula is C19H29ClN2O. The molecule has 23 heavy (non-hydrogen) atoms. The third-order valence-corrected chi connectivity index (χ3v) is 5.77. The number of hydrogen-bond donors (Lipinski definition) is 2. The van der Waals surface area contributed by atoms with Gasteiger partial charge in [0, 0.05) is 12.5 Å². The molecule has 2 atom stereocenters. The van der Waals surface area contributed by atoms with Crippen molar-refractivity contribution in [2.24, 2.45) is 23.0 Å². The van der Waals surface area contributed by atoms with E-state index in [1.807, 2.05) is 0 Å². The van der Waals surface area contributed by atoms with Crippen molar-refractivity contribution in [2.45, 2.75) is 44.9 Å². The first kappa shape index (κ1) is 18.3. The standard InChI is InChI=1S/C19H28N2O.ClH/c20-13-16-8-4-9-17(16)18(22)21-14-19(10-5-11-19)12-15-6-2-1-3-7-15;/h1-3,6-7,16-17H,4-5,8-14,20H2,(H,21,22);1H/t16-,17-;/m1./s1. The first-order valence-corrected chi connectivity index (χ1v) is 8.74. The Labute approximate surface area is 145 Å². The number of halogens is 1. The lowest BCUT2D eigenvalue weighted by molar-refractivity contribution is -0.126. The third kappa shape index (κ3) is 4.27. The van der Waals surface area contributed by atoms with Crippen LogP contribution in [0.4, 0.5) is 0 Å². The van der Waals surface area contributed by atoms with Gasteiger partial charge >= 0.3 is 0 Å². The molecule has 0 heterocycles. The molecule has 2 aliphatic rings. The predicted octanol–water partition coefficient (Wildman–Crippen LogP) is 3.31.